The highest BCUT2D eigenvalue weighted by Crippen LogP contribution is 2.27. The van der Waals surface area contributed by atoms with E-state index in [1.807, 2.05) is 6.92 Å². The van der Waals surface area contributed by atoms with Crippen LogP contribution in [0.1, 0.15) is 26.7 Å². The summed E-state index contributed by atoms with van der Waals surface area (Å²) in [6.45, 7) is 3.54. The molecule has 1 unspecified atom stereocenters. The van der Waals surface area contributed by atoms with Crippen molar-refractivity contribution < 1.29 is 9.72 Å². The first kappa shape index (κ1) is 15.4. The molecule has 0 bridgehead atoms. The summed E-state index contributed by atoms with van der Waals surface area (Å²) < 4.78 is 0. The number of anilines is 1. The molecule has 0 saturated carbocycles. The smallest absolute Gasteiger partial charge is 0.289 e. The van der Waals surface area contributed by atoms with Gasteiger partial charge < -0.3 is 11.1 Å². The highest BCUT2D eigenvalue weighted by Gasteiger charge is 2.27. The van der Waals surface area contributed by atoms with Crippen LogP contribution < -0.4 is 11.1 Å². The van der Waals surface area contributed by atoms with Crippen LogP contribution in [0.15, 0.2) is 18.2 Å². The minimum atomic E-state index is -1.01. The van der Waals surface area contributed by atoms with Crippen molar-refractivity contribution in [3.8, 4) is 0 Å². The third kappa shape index (κ3) is 3.90. The van der Waals surface area contributed by atoms with Crippen molar-refractivity contribution in [2.45, 2.75) is 32.2 Å². The van der Waals surface area contributed by atoms with Gasteiger partial charge in [0, 0.05) is 11.8 Å². The van der Waals surface area contributed by atoms with Gasteiger partial charge >= 0.3 is 0 Å². The first-order valence-electron chi connectivity index (χ1n) is 5.82. The number of nitro benzene ring substituents is 1. The van der Waals surface area contributed by atoms with E-state index < -0.39 is 10.5 Å². The summed E-state index contributed by atoms with van der Waals surface area (Å²) in [5, 5.41) is 13.3. The SMILES string of the molecule is CCCC(C)(N)C(=O)Nc1ccc(Cl)c([N+](=O)[O-])c1. The molecule has 0 aliphatic heterocycles. The van der Waals surface area contributed by atoms with Gasteiger partial charge in [0.05, 0.1) is 10.5 Å². The lowest BCUT2D eigenvalue weighted by Gasteiger charge is -2.22. The number of halogens is 1. The van der Waals surface area contributed by atoms with Gasteiger partial charge in [-0.2, -0.15) is 0 Å². The predicted octanol–water partition coefficient (Wildman–Crippen LogP) is 2.70. The van der Waals surface area contributed by atoms with Gasteiger partial charge in [0.25, 0.3) is 5.69 Å². The van der Waals surface area contributed by atoms with E-state index in [1.165, 1.54) is 18.2 Å². The molecule has 19 heavy (non-hydrogen) atoms. The summed E-state index contributed by atoms with van der Waals surface area (Å²) in [4.78, 5) is 22.1. The molecule has 1 rings (SSSR count). The lowest BCUT2D eigenvalue weighted by molar-refractivity contribution is -0.384. The largest absolute Gasteiger partial charge is 0.324 e. The second kappa shape index (κ2) is 5.99. The van der Waals surface area contributed by atoms with E-state index in [0.29, 0.717) is 12.1 Å². The van der Waals surface area contributed by atoms with Crippen LogP contribution in [0.5, 0.6) is 0 Å². The molecule has 0 spiro atoms. The van der Waals surface area contributed by atoms with Gasteiger partial charge in [-0.1, -0.05) is 24.9 Å². The van der Waals surface area contributed by atoms with Crippen LogP contribution in [-0.2, 0) is 4.79 Å². The Morgan fingerprint density at radius 3 is 2.74 bits per heavy atom. The maximum atomic E-state index is 12.0. The Labute approximate surface area is 116 Å². The maximum Gasteiger partial charge on any atom is 0.289 e. The van der Waals surface area contributed by atoms with Crippen LogP contribution in [0.25, 0.3) is 0 Å². The predicted molar refractivity (Wildman–Crippen MR) is 74.2 cm³/mol. The molecule has 6 nitrogen and oxygen atoms in total. The van der Waals surface area contributed by atoms with Gasteiger partial charge in [-0.3, -0.25) is 14.9 Å². The number of amides is 1. The zero-order valence-electron chi connectivity index (χ0n) is 10.8. The monoisotopic (exact) mass is 285 g/mol. The Morgan fingerprint density at radius 2 is 2.21 bits per heavy atom. The van der Waals surface area contributed by atoms with Crippen molar-refractivity contribution in [1.82, 2.24) is 0 Å². The molecule has 0 saturated heterocycles. The molecular formula is C12H16ClN3O3. The fraction of sp³-hybridized carbons (Fsp3) is 0.417. The fourth-order valence-electron chi connectivity index (χ4n) is 1.64. The highest BCUT2D eigenvalue weighted by atomic mass is 35.5. The van der Waals surface area contributed by atoms with E-state index >= 15 is 0 Å². The van der Waals surface area contributed by atoms with Gasteiger partial charge in [0.2, 0.25) is 5.91 Å². The average molecular weight is 286 g/mol. The van der Waals surface area contributed by atoms with Gasteiger partial charge in [0.1, 0.15) is 5.02 Å². The van der Waals surface area contributed by atoms with Crippen molar-refractivity contribution in [3.63, 3.8) is 0 Å². The molecular weight excluding hydrogens is 270 g/mol. The van der Waals surface area contributed by atoms with Crippen LogP contribution in [0.3, 0.4) is 0 Å². The molecule has 3 N–H and O–H groups in total. The van der Waals surface area contributed by atoms with Crippen LogP contribution in [0, 0.1) is 10.1 Å². The minimum absolute atomic E-state index is 0.0204. The average Bonchev–Trinajstić information content (AvgIpc) is 2.31. The number of nitrogens with zero attached hydrogens (tertiary/aromatic N) is 1. The van der Waals surface area contributed by atoms with E-state index in [4.69, 9.17) is 17.3 Å². The van der Waals surface area contributed by atoms with Crippen LogP contribution in [0.2, 0.25) is 5.02 Å². The van der Waals surface area contributed by atoms with Crippen molar-refractivity contribution in [3.05, 3.63) is 33.3 Å². The van der Waals surface area contributed by atoms with E-state index in [2.05, 4.69) is 5.32 Å². The Hall–Kier alpha value is -1.66. The van der Waals surface area contributed by atoms with Gasteiger partial charge in [0.15, 0.2) is 0 Å². The number of nitrogens with one attached hydrogen (secondary N) is 1. The van der Waals surface area contributed by atoms with E-state index in [0.717, 1.165) is 6.42 Å². The second-order valence-corrected chi connectivity index (χ2v) is 4.95. The van der Waals surface area contributed by atoms with Gasteiger partial charge in [-0.25, -0.2) is 0 Å². The number of carbonyl (C=O) groups is 1. The molecule has 0 fully saturated rings. The molecule has 1 atom stereocenters. The number of benzene rings is 1. The van der Waals surface area contributed by atoms with Crippen molar-refractivity contribution >= 4 is 28.9 Å². The zero-order valence-corrected chi connectivity index (χ0v) is 11.5. The summed E-state index contributed by atoms with van der Waals surface area (Å²) in [5.74, 6) is -0.383. The lowest BCUT2D eigenvalue weighted by Crippen LogP contribution is -2.48. The van der Waals surface area contributed by atoms with E-state index in [1.54, 1.807) is 6.92 Å². The summed E-state index contributed by atoms with van der Waals surface area (Å²) >= 11 is 5.69. The van der Waals surface area contributed by atoms with E-state index in [-0.39, 0.29) is 16.6 Å². The fourth-order valence-corrected chi connectivity index (χ4v) is 1.82. The number of rotatable bonds is 5. The Kier molecular flexibility index (Phi) is 4.85. The summed E-state index contributed by atoms with van der Waals surface area (Å²) in [6, 6.07) is 4.07. The maximum absolute atomic E-state index is 12.0. The number of nitro groups is 1. The molecule has 104 valence electrons. The molecule has 1 aromatic rings. The Morgan fingerprint density at radius 1 is 1.58 bits per heavy atom. The molecule has 0 aromatic heterocycles. The zero-order chi connectivity index (χ0) is 14.6. The molecule has 0 radical (unpaired) electrons. The van der Waals surface area contributed by atoms with Crippen LogP contribution in [-0.4, -0.2) is 16.4 Å². The summed E-state index contributed by atoms with van der Waals surface area (Å²) in [7, 11) is 0. The highest BCUT2D eigenvalue weighted by molar-refractivity contribution is 6.32. The molecule has 0 aliphatic rings. The van der Waals surface area contributed by atoms with Crippen LogP contribution >= 0.6 is 11.6 Å². The third-order valence-corrected chi connectivity index (χ3v) is 3.01. The van der Waals surface area contributed by atoms with Gasteiger partial charge in [-0.15, -0.1) is 0 Å². The van der Waals surface area contributed by atoms with Gasteiger partial charge in [-0.05, 0) is 25.5 Å². The topological polar surface area (TPSA) is 98.3 Å². The number of nitrogens with two attached hydrogens (primary N) is 1. The first-order chi connectivity index (χ1) is 8.77. The summed E-state index contributed by atoms with van der Waals surface area (Å²) in [6.07, 6.45) is 1.29. The molecule has 0 heterocycles. The minimum Gasteiger partial charge on any atom is -0.324 e. The Balaban J connectivity index is 2.92. The van der Waals surface area contributed by atoms with Crippen molar-refractivity contribution in [2.75, 3.05) is 5.32 Å². The number of hydrogen-bond acceptors (Lipinski definition) is 4. The Bertz CT molecular complexity index is 503. The van der Waals surface area contributed by atoms with Crippen molar-refractivity contribution in [2.24, 2.45) is 5.73 Å². The molecule has 1 aromatic carbocycles. The second-order valence-electron chi connectivity index (χ2n) is 4.54. The van der Waals surface area contributed by atoms with E-state index in [9.17, 15) is 14.9 Å². The number of carbonyl (C=O) groups excluding carboxylic acids is 1. The molecule has 1 amide bonds. The first-order valence-corrected chi connectivity index (χ1v) is 6.20. The normalized spacial score (nSPS) is 13.7. The standard InChI is InChI=1S/C12H16ClN3O3/c1-3-6-12(2,14)11(17)15-8-4-5-9(13)10(7-8)16(18)19/h4-5,7H,3,6,14H2,1-2H3,(H,15,17). The van der Waals surface area contributed by atoms with Crippen LogP contribution in [0.4, 0.5) is 11.4 Å². The third-order valence-electron chi connectivity index (χ3n) is 2.69. The quantitative estimate of drug-likeness (QED) is 0.642. The molecule has 7 heteroatoms. The number of hydrogen-bond donors (Lipinski definition) is 2. The van der Waals surface area contributed by atoms with Crippen molar-refractivity contribution in [1.29, 1.82) is 0 Å². The molecule has 0 aliphatic carbocycles. The lowest BCUT2D eigenvalue weighted by atomic mass is 9.96. The summed E-state index contributed by atoms with van der Waals surface area (Å²) in [5.41, 5.74) is 4.91.